The Hall–Kier alpha value is -0.910. The van der Waals surface area contributed by atoms with Crippen LogP contribution in [0.25, 0.3) is 0 Å². The van der Waals surface area contributed by atoms with Gasteiger partial charge in [-0.2, -0.15) is 11.8 Å². The summed E-state index contributed by atoms with van der Waals surface area (Å²) in [6, 6.07) is -1.07. The Balaban J connectivity index is 4.53. The predicted octanol–water partition coefficient (Wildman–Crippen LogP) is 2.66. The van der Waals surface area contributed by atoms with E-state index in [2.05, 4.69) is 19.2 Å². The zero-order valence-corrected chi connectivity index (χ0v) is 13.8. The lowest BCUT2D eigenvalue weighted by Gasteiger charge is -2.27. The Morgan fingerprint density at radius 1 is 1.25 bits per heavy atom. The van der Waals surface area contributed by atoms with Gasteiger partial charge in [-0.1, -0.05) is 26.7 Å². The number of rotatable bonds is 10. The number of hydrogen-bond donors (Lipinski definition) is 2. The van der Waals surface area contributed by atoms with Gasteiger partial charge in [-0.25, -0.2) is 9.59 Å². The molecule has 0 fully saturated rings. The fraction of sp³-hybridized carbons (Fsp3) is 0.857. The molecule has 0 rings (SSSR count). The summed E-state index contributed by atoms with van der Waals surface area (Å²) in [7, 11) is 0. The molecule has 5 nitrogen and oxygen atoms in total. The van der Waals surface area contributed by atoms with Crippen molar-refractivity contribution in [2.75, 3.05) is 25.1 Å². The monoisotopic (exact) mass is 304 g/mol. The zero-order chi connectivity index (χ0) is 15.5. The number of nitrogens with one attached hydrogen (secondary N) is 1. The van der Waals surface area contributed by atoms with Crippen LogP contribution in [0, 0.1) is 5.92 Å². The summed E-state index contributed by atoms with van der Waals surface area (Å²) in [6.07, 6.45) is 4.42. The average molecular weight is 304 g/mol. The summed E-state index contributed by atoms with van der Waals surface area (Å²) in [6.45, 7) is 7.41. The summed E-state index contributed by atoms with van der Waals surface area (Å²) in [5.41, 5.74) is 0. The van der Waals surface area contributed by atoms with E-state index in [1.54, 1.807) is 16.7 Å². The van der Waals surface area contributed by atoms with E-state index in [-0.39, 0.29) is 6.03 Å². The molecule has 0 saturated heterocycles. The van der Waals surface area contributed by atoms with Crippen LogP contribution in [-0.4, -0.2) is 53.1 Å². The van der Waals surface area contributed by atoms with E-state index >= 15 is 0 Å². The number of hydrogen-bond acceptors (Lipinski definition) is 3. The molecule has 0 aromatic carbocycles. The van der Waals surface area contributed by atoms with Crippen molar-refractivity contribution in [1.29, 1.82) is 0 Å². The van der Waals surface area contributed by atoms with E-state index in [4.69, 9.17) is 5.11 Å². The van der Waals surface area contributed by atoms with Gasteiger partial charge in [-0.05, 0) is 31.3 Å². The van der Waals surface area contributed by atoms with Crippen molar-refractivity contribution in [3.63, 3.8) is 0 Å². The Kier molecular flexibility index (Phi) is 10.3. The first-order valence-corrected chi connectivity index (χ1v) is 8.66. The first-order chi connectivity index (χ1) is 9.49. The zero-order valence-electron chi connectivity index (χ0n) is 13.0. The highest BCUT2D eigenvalue weighted by Crippen LogP contribution is 2.10. The second-order valence-corrected chi connectivity index (χ2v) is 5.83. The van der Waals surface area contributed by atoms with Crippen LogP contribution in [-0.2, 0) is 4.79 Å². The molecule has 0 aliphatic carbocycles. The topological polar surface area (TPSA) is 69.6 Å². The van der Waals surface area contributed by atoms with Gasteiger partial charge in [0.2, 0.25) is 0 Å². The van der Waals surface area contributed by atoms with Crippen LogP contribution >= 0.6 is 11.8 Å². The van der Waals surface area contributed by atoms with Gasteiger partial charge >= 0.3 is 12.0 Å². The summed E-state index contributed by atoms with van der Waals surface area (Å²) in [5, 5.41) is 11.8. The minimum atomic E-state index is -0.967. The van der Waals surface area contributed by atoms with E-state index in [0.717, 1.165) is 18.6 Å². The highest BCUT2D eigenvalue weighted by Gasteiger charge is 2.23. The Morgan fingerprint density at radius 2 is 1.85 bits per heavy atom. The third-order valence-corrected chi connectivity index (χ3v) is 4.15. The van der Waals surface area contributed by atoms with E-state index in [1.807, 2.05) is 13.2 Å². The lowest BCUT2D eigenvalue weighted by molar-refractivity contribution is -0.139. The van der Waals surface area contributed by atoms with Gasteiger partial charge in [-0.3, -0.25) is 0 Å². The molecule has 0 aromatic rings. The van der Waals surface area contributed by atoms with Crippen molar-refractivity contribution >= 4 is 23.8 Å². The summed E-state index contributed by atoms with van der Waals surface area (Å²) in [5.74, 6) is 0.219. The smallest absolute Gasteiger partial charge is 0.326 e. The summed E-state index contributed by atoms with van der Waals surface area (Å²) >= 11 is 1.58. The maximum absolute atomic E-state index is 12.2. The molecule has 0 spiro atoms. The highest BCUT2D eigenvalue weighted by atomic mass is 32.2. The minimum absolute atomic E-state index is 0.270. The maximum Gasteiger partial charge on any atom is 0.326 e. The SMILES string of the molecule is CCC(CC)CN(CC)C(=O)N[C@H](CCSC)C(=O)O. The summed E-state index contributed by atoms with van der Waals surface area (Å²) < 4.78 is 0. The third kappa shape index (κ3) is 7.03. The molecule has 6 heteroatoms. The Morgan fingerprint density at radius 3 is 2.25 bits per heavy atom. The first kappa shape index (κ1) is 19.1. The molecule has 20 heavy (non-hydrogen) atoms. The number of carboxylic acid groups (broad SMARTS) is 1. The van der Waals surface area contributed by atoms with Gasteiger partial charge in [0.05, 0.1) is 0 Å². The van der Waals surface area contributed by atoms with Crippen LogP contribution < -0.4 is 5.32 Å². The van der Waals surface area contributed by atoms with Crippen molar-refractivity contribution in [3.8, 4) is 0 Å². The fourth-order valence-electron chi connectivity index (χ4n) is 1.95. The fourth-order valence-corrected chi connectivity index (χ4v) is 2.42. The number of carbonyl (C=O) groups is 2. The van der Waals surface area contributed by atoms with Gasteiger partial charge in [0, 0.05) is 13.1 Å². The molecule has 0 unspecified atom stereocenters. The van der Waals surface area contributed by atoms with E-state index in [1.165, 1.54) is 0 Å². The Labute approximate surface area is 126 Å². The average Bonchev–Trinajstić information content (AvgIpc) is 2.44. The van der Waals surface area contributed by atoms with Gasteiger partial charge in [0.1, 0.15) is 6.04 Å². The molecular formula is C14H28N2O3S. The van der Waals surface area contributed by atoms with Crippen molar-refractivity contribution in [2.45, 2.75) is 46.1 Å². The molecule has 0 saturated carbocycles. The second-order valence-electron chi connectivity index (χ2n) is 4.84. The largest absolute Gasteiger partial charge is 0.480 e. The number of thioether (sulfide) groups is 1. The Bertz CT molecular complexity index is 296. The van der Waals surface area contributed by atoms with E-state index in [0.29, 0.717) is 25.4 Å². The molecule has 0 aliphatic heterocycles. The number of carbonyl (C=O) groups excluding carboxylic acids is 1. The number of aliphatic carboxylic acids is 1. The molecule has 1 atom stereocenters. The number of amides is 2. The lowest BCUT2D eigenvalue weighted by atomic mass is 10.0. The normalized spacial score (nSPS) is 12.2. The number of nitrogens with zero attached hydrogens (tertiary/aromatic N) is 1. The third-order valence-electron chi connectivity index (χ3n) is 3.51. The van der Waals surface area contributed by atoms with Crippen molar-refractivity contribution in [2.24, 2.45) is 5.92 Å². The highest BCUT2D eigenvalue weighted by molar-refractivity contribution is 7.98. The van der Waals surface area contributed by atoms with Gasteiger partial charge in [0.25, 0.3) is 0 Å². The summed E-state index contributed by atoms with van der Waals surface area (Å²) in [4.78, 5) is 25.0. The van der Waals surface area contributed by atoms with Crippen LogP contribution in [0.2, 0.25) is 0 Å². The number of urea groups is 1. The number of carboxylic acids is 1. The van der Waals surface area contributed by atoms with Crippen molar-refractivity contribution in [1.82, 2.24) is 10.2 Å². The van der Waals surface area contributed by atoms with E-state index < -0.39 is 12.0 Å². The first-order valence-electron chi connectivity index (χ1n) is 7.27. The van der Waals surface area contributed by atoms with Crippen LogP contribution in [0.4, 0.5) is 4.79 Å². The molecule has 2 amide bonds. The maximum atomic E-state index is 12.2. The molecule has 2 N–H and O–H groups in total. The molecular weight excluding hydrogens is 276 g/mol. The molecule has 0 aliphatic rings. The van der Waals surface area contributed by atoms with E-state index in [9.17, 15) is 9.59 Å². The van der Waals surface area contributed by atoms with Crippen LogP contribution in [0.3, 0.4) is 0 Å². The lowest BCUT2D eigenvalue weighted by Crippen LogP contribution is -2.49. The van der Waals surface area contributed by atoms with Gasteiger partial charge in [-0.15, -0.1) is 0 Å². The second kappa shape index (κ2) is 10.8. The molecule has 0 radical (unpaired) electrons. The predicted molar refractivity (Wildman–Crippen MR) is 84.3 cm³/mol. The standard InChI is InChI=1S/C14H28N2O3S/c1-5-11(6-2)10-16(7-3)14(19)15-12(13(17)18)8-9-20-4/h11-12H,5-10H2,1-4H3,(H,15,19)(H,17,18)/t12-/m1/s1. The van der Waals surface area contributed by atoms with Gasteiger partial charge < -0.3 is 15.3 Å². The molecule has 0 bridgehead atoms. The van der Waals surface area contributed by atoms with Crippen molar-refractivity contribution < 1.29 is 14.7 Å². The quantitative estimate of drug-likeness (QED) is 0.651. The van der Waals surface area contributed by atoms with Crippen LogP contribution in [0.5, 0.6) is 0 Å². The molecule has 118 valence electrons. The van der Waals surface area contributed by atoms with Crippen LogP contribution in [0.15, 0.2) is 0 Å². The van der Waals surface area contributed by atoms with Gasteiger partial charge in [0.15, 0.2) is 0 Å². The molecule has 0 heterocycles. The molecule has 0 aromatic heterocycles. The van der Waals surface area contributed by atoms with Crippen LogP contribution in [0.1, 0.15) is 40.0 Å². The minimum Gasteiger partial charge on any atom is -0.480 e. The van der Waals surface area contributed by atoms with Crippen molar-refractivity contribution in [3.05, 3.63) is 0 Å².